The van der Waals surface area contributed by atoms with Gasteiger partial charge in [-0.15, -0.1) is 0 Å². The van der Waals surface area contributed by atoms with Crippen molar-refractivity contribution in [2.24, 2.45) is 0 Å². The Morgan fingerprint density at radius 2 is 1.04 bits per heavy atom. The topological polar surface area (TPSA) is 152 Å². The maximum Gasteiger partial charge on any atom is 1.00 e. The van der Waals surface area contributed by atoms with Crippen LogP contribution in [0.1, 0.15) is 0 Å². The number of carbonyl (C=O) groups is 1. The summed E-state index contributed by atoms with van der Waals surface area (Å²) in [5.41, 5.74) is 0. The van der Waals surface area contributed by atoms with Gasteiger partial charge in [0.2, 0.25) is 9.84 Å². The van der Waals surface area contributed by atoms with E-state index in [0.717, 1.165) is 0 Å². The fourth-order valence-electron chi connectivity index (χ4n) is 1.39. The van der Waals surface area contributed by atoms with E-state index in [1.54, 1.807) is 0 Å². The number of benzene rings is 2. The first-order chi connectivity index (χ1) is 10.7. The minimum absolute atomic E-state index is 0. The zero-order valence-electron chi connectivity index (χ0n) is 12.5. The van der Waals surface area contributed by atoms with Crippen LogP contribution in [0.3, 0.4) is 0 Å². The van der Waals surface area contributed by atoms with Gasteiger partial charge in [0.25, 0.3) is 0 Å². The van der Waals surface area contributed by atoms with Gasteiger partial charge in [0.15, 0.2) is 0 Å². The van der Waals surface area contributed by atoms with E-state index in [9.17, 15) is 8.42 Å². The number of phenolic OH excluding ortho intramolecular Hbond substituents is 2. The molecular weight excluding hydrogens is 371 g/mol. The van der Waals surface area contributed by atoms with Crippen LogP contribution in [0.25, 0.3) is 0 Å². The minimum Gasteiger partial charge on any atom is -0.750 e. The van der Waals surface area contributed by atoms with Crippen LogP contribution in [-0.2, 0) is 26.0 Å². The molecule has 0 radical (unpaired) electrons. The molecule has 126 valence electrons. The van der Waals surface area contributed by atoms with Crippen molar-refractivity contribution < 1.29 is 66.3 Å². The molecule has 11 heteroatoms. The van der Waals surface area contributed by atoms with E-state index in [1.807, 2.05) is 6.79 Å². The molecule has 0 fully saturated rings. The van der Waals surface area contributed by atoms with Gasteiger partial charge in [-0.05, 0) is 48.5 Å². The van der Waals surface area contributed by atoms with Crippen molar-refractivity contribution in [3.05, 3.63) is 48.5 Å². The summed E-state index contributed by atoms with van der Waals surface area (Å²) in [5, 5.41) is 18.2. The third kappa shape index (κ3) is 8.55. The second-order valence-electron chi connectivity index (χ2n) is 3.71. The minimum atomic E-state index is -3.59. The van der Waals surface area contributed by atoms with Gasteiger partial charge in [0.1, 0.15) is 18.3 Å². The van der Waals surface area contributed by atoms with E-state index in [0.29, 0.717) is 0 Å². The summed E-state index contributed by atoms with van der Waals surface area (Å²) in [4.78, 5) is 8.20. The molecule has 2 aromatic rings. The number of hydrogen-bond acceptors (Lipinski definition) is 7. The Labute approximate surface area is 163 Å². The van der Waals surface area contributed by atoms with Gasteiger partial charge in [-0.2, -0.15) is 0 Å². The molecule has 0 saturated carbocycles. The van der Waals surface area contributed by atoms with Crippen LogP contribution in [0.2, 0.25) is 0 Å². The zero-order valence-corrected chi connectivity index (χ0v) is 16.2. The largest absolute Gasteiger partial charge is 1.00 e. The molecule has 0 aromatic heterocycles. The summed E-state index contributed by atoms with van der Waals surface area (Å²) >= 11 is -2.86. The first-order valence-electron chi connectivity index (χ1n) is 5.64. The molecule has 0 bridgehead atoms. The molecule has 0 saturated heterocycles. The molecule has 0 aliphatic heterocycles. The number of aromatic hydroxyl groups is 2. The summed E-state index contributed by atoms with van der Waals surface area (Å²) in [5.74, 6) is 0.0179. The number of sulfone groups is 1. The molecule has 0 heterocycles. The predicted octanol–water partition coefficient (Wildman–Crippen LogP) is -1.91. The van der Waals surface area contributed by atoms with Crippen LogP contribution >= 0.6 is 0 Å². The Morgan fingerprint density at radius 1 is 0.833 bits per heavy atom. The number of phenols is 2. The number of carbonyl (C=O) groups excluding carboxylic acids is 1. The summed E-state index contributed by atoms with van der Waals surface area (Å²) in [6.45, 7) is 2.00. The van der Waals surface area contributed by atoms with Crippen molar-refractivity contribution in [2.75, 3.05) is 0 Å². The van der Waals surface area contributed by atoms with E-state index < -0.39 is 21.2 Å². The van der Waals surface area contributed by atoms with Crippen LogP contribution < -0.4 is 29.6 Å². The van der Waals surface area contributed by atoms with Crippen molar-refractivity contribution in [1.82, 2.24) is 0 Å². The van der Waals surface area contributed by atoms with Crippen LogP contribution in [0.15, 0.2) is 58.3 Å². The van der Waals surface area contributed by atoms with Crippen LogP contribution in [0, 0.1) is 0 Å². The molecule has 0 aliphatic carbocycles. The maximum atomic E-state index is 12.1. The fourth-order valence-corrected chi connectivity index (χ4v) is 2.65. The monoisotopic (exact) mass is 384 g/mol. The van der Waals surface area contributed by atoms with E-state index in [4.69, 9.17) is 28.3 Å². The van der Waals surface area contributed by atoms with E-state index in [2.05, 4.69) is 0 Å². The molecule has 1 unspecified atom stereocenters. The average Bonchev–Trinajstić information content (AvgIpc) is 2.49. The summed E-state index contributed by atoms with van der Waals surface area (Å²) in [6.07, 6.45) is 0. The van der Waals surface area contributed by atoms with Gasteiger partial charge < -0.3 is 24.1 Å². The molecule has 8 nitrogen and oxygen atoms in total. The van der Waals surface area contributed by atoms with Crippen molar-refractivity contribution in [1.29, 1.82) is 0 Å². The van der Waals surface area contributed by atoms with Crippen molar-refractivity contribution in [3.8, 4) is 11.5 Å². The Bertz CT molecular complexity index is 674. The molecule has 0 spiro atoms. The van der Waals surface area contributed by atoms with Gasteiger partial charge in [0.05, 0.1) is 21.2 Å². The second kappa shape index (κ2) is 12.1. The zero-order chi connectivity index (χ0) is 18.0. The third-order valence-corrected chi connectivity index (χ3v) is 4.08. The van der Waals surface area contributed by atoms with Crippen molar-refractivity contribution in [2.45, 2.75) is 9.79 Å². The Morgan fingerprint density at radius 3 is 1.25 bits per heavy atom. The summed E-state index contributed by atoms with van der Waals surface area (Å²) in [7, 11) is -3.59. The first-order valence-corrected chi connectivity index (χ1v) is 8.15. The molecule has 2 aromatic carbocycles. The number of hydrogen-bond donors (Lipinski definition) is 3. The fraction of sp³-hybridized carbons (Fsp3) is 0. The second-order valence-corrected chi connectivity index (χ2v) is 6.09. The quantitative estimate of drug-likeness (QED) is 0.401. The standard InChI is InChI=1S/C12H10O4S.CH2O.Na.H2O3S/c13-9-1-5-11(6-2-9)17(15,16)12-7-3-10(14)4-8-12;1-2;;1-4(2)3/h1-8,13-14H;1H2;;(H2,1,2,3)/q;;+1;/p-1. The molecule has 3 N–H and O–H groups in total. The molecular formula is C13H13NaO8S2. The average molecular weight is 384 g/mol. The Kier molecular flexibility index (Phi) is 12.6. The van der Waals surface area contributed by atoms with E-state index in [-0.39, 0.29) is 50.8 Å². The molecule has 24 heavy (non-hydrogen) atoms. The van der Waals surface area contributed by atoms with Crippen molar-refractivity contribution in [3.63, 3.8) is 0 Å². The third-order valence-electron chi connectivity index (χ3n) is 2.29. The molecule has 1 atom stereocenters. The normalized spacial score (nSPS) is 10.8. The van der Waals surface area contributed by atoms with Gasteiger partial charge in [-0.25, -0.2) is 12.6 Å². The van der Waals surface area contributed by atoms with E-state index in [1.165, 1.54) is 48.5 Å². The van der Waals surface area contributed by atoms with Gasteiger partial charge >= 0.3 is 29.6 Å². The van der Waals surface area contributed by atoms with Crippen LogP contribution in [-0.4, -0.2) is 38.7 Å². The van der Waals surface area contributed by atoms with Gasteiger partial charge in [0, 0.05) is 0 Å². The summed E-state index contributed by atoms with van der Waals surface area (Å²) in [6, 6.07) is 10.6. The van der Waals surface area contributed by atoms with E-state index >= 15 is 0 Å². The van der Waals surface area contributed by atoms with Gasteiger partial charge in [-0.3, -0.25) is 0 Å². The predicted molar refractivity (Wildman–Crippen MR) is 80.3 cm³/mol. The number of rotatable bonds is 2. The first kappa shape index (κ1) is 25.0. The molecule has 0 aliphatic rings. The maximum absolute atomic E-state index is 12.1. The van der Waals surface area contributed by atoms with Gasteiger partial charge in [-0.1, -0.05) is 0 Å². The molecule has 2 rings (SSSR count). The van der Waals surface area contributed by atoms with Crippen LogP contribution in [0.5, 0.6) is 11.5 Å². The summed E-state index contributed by atoms with van der Waals surface area (Å²) < 4.78 is 48.3. The Balaban J connectivity index is 0. The smallest absolute Gasteiger partial charge is 0.750 e. The van der Waals surface area contributed by atoms with Crippen LogP contribution in [0.4, 0.5) is 0 Å². The van der Waals surface area contributed by atoms with Crippen molar-refractivity contribution >= 4 is 28.0 Å². The molecule has 0 amide bonds. The SMILES string of the molecule is C=O.O=S(=O)(c1ccc(O)cc1)c1ccc(O)cc1.O=S([O-])O.[Na+]. The Hall–Kier alpha value is -1.27.